The second-order valence-corrected chi connectivity index (χ2v) is 4.34. The molecule has 1 atom stereocenters. The Hall–Kier alpha value is -1.86. The molecule has 1 N–H and O–H groups in total. The average molecular weight is 230 g/mol. The molecule has 1 unspecified atom stereocenters. The molecule has 2 rings (SSSR count). The quantitative estimate of drug-likeness (QED) is 0.839. The number of likely N-dealkylation sites (tertiary alicyclic amines) is 1. The first kappa shape index (κ1) is 11.6. The molecule has 88 valence electrons. The van der Waals surface area contributed by atoms with E-state index in [1.165, 1.54) is 0 Å². The SMILES string of the molecule is N#Cc1cccc(CN2CC(CO)CC2=O)c1. The zero-order valence-electron chi connectivity index (χ0n) is 9.47. The van der Waals surface area contributed by atoms with Gasteiger partial charge < -0.3 is 10.0 Å². The molecule has 0 bridgehead atoms. The van der Waals surface area contributed by atoms with Gasteiger partial charge in [-0.25, -0.2) is 0 Å². The highest BCUT2D eigenvalue weighted by Gasteiger charge is 2.28. The lowest BCUT2D eigenvalue weighted by Gasteiger charge is -2.16. The molecule has 4 nitrogen and oxygen atoms in total. The lowest BCUT2D eigenvalue weighted by atomic mass is 10.1. The molecule has 1 aliphatic heterocycles. The number of hydrogen-bond donors (Lipinski definition) is 1. The second kappa shape index (κ2) is 4.98. The van der Waals surface area contributed by atoms with Gasteiger partial charge in [0.05, 0.1) is 11.6 Å². The Bertz CT molecular complexity index is 465. The van der Waals surface area contributed by atoms with E-state index in [1.807, 2.05) is 12.1 Å². The van der Waals surface area contributed by atoms with Gasteiger partial charge in [0.15, 0.2) is 0 Å². The molecule has 0 radical (unpaired) electrons. The normalized spacial score (nSPS) is 19.4. The summed E-state index contributed by atoms with van der Waals surface area (Å²) in [4.78, 5) is 13.4. The molecule has 1 heterocycles. The first-order valence-corrected chi connectivity index (χ1v) is 5.60. The van der Waals surface area contributed by atoms with Crippen LogP contribution in [-0.2, 0) is 11.3 Å². The van der Waals surface area contributed by atoms with Crippen molar-refractivity contribution in [3.8, 4) is 6.07 Å². The minimum Gasteiger partial charge on any atom is -0.396 e. The zero-order chi connectivity index (χ0) is 12.3. The lowest BCUT2D eigenvalue weighted by molar-refractivity contribution is -0.128. The Balaban J connectivity index is 2.06. The van der Waals surface area contributed by atoms with Gasteiger partial charge in [0.25, 0.3) is 0 Å². The summed E-state index contributed by atoms with van der Waals surface area (Å²) in [6.07, 6.45) is 0.425. The van der Waals surface area contributed by atoms with E-state index >= 15 is 0 Å². The summed E-state index contributed by atoms with van der Waals surface area (Å²) in [5.74, 6) is 0.132. The second-order valence-electron chi connectivity index (χ2n) is 4.34. The lowest BCUT2D eigenvalue weighted by Crippen LogP contribution is -2.24. The molecule has 4 heteroatoms. The number of nitrogens with zero attached hydrogens (tertiary/aromatic N) is 2. The van der Waals surface area contributed by atoms with Gasteiger partial charge in [-0.05, 0) is 17.7 Å². The predicted molar refractivity (Wildman–Crippen MR) is 61.8 cm³/mol. The van der Waals surface area contributed by atoms with Crippen LogP contribution in [0.3, 0.4) is 0 Å². The van der Waals surface area contributed by atoms with Crippen LogP contribution in [0.1, 0.15) is 17.5 Å². The number of aliphatic hydroxyl groups is 1. The standard InChI is InChI=1S/C13H14N2O2/c14-6-10-2-1-3-11(4-10)7-15-8-12(9-16)5-13(15)17/h1-4,12,16H,5,7-9H2. The zero-order valence-corrected chi connectivity index (χ0v) is 9.47. The Labute approximate surface area is 100 Å². The summed E-state index contributed by atoms with van der Waals surface area (Å²) in [5, 5.41) is 17.8. The van der Waals surface area contributed by atoms with Gasteiger partial charge in [0, 0.05) is 32.0 Å². The van der Waals surface area contributed by atoms with Gasteiger partial charge in [-0.15, -0.1) is 0 Å². The molecule has 1 amide bonds. The van der Waals surface area contributed by atoms with Gasteiger partial charge in [-0.1, -0.05) is 12.1 Å². The van der Waals surface area contributed by atoms with Crippen LogP contribution in [0.4, 0.5) is 0 Å². The van der Waals surface area contributed by atoms with Crippen molar-refractivity contribution in [1.82, 2.24) is 4.90 Å². The van der Waals surface area contributed by atoms with Crippen molar-refractivity contribution in [3.63, 3.8) is 0 Å². The fraction of sp³-hybridized carbons (Fsp3) is 0.385. The third-order valence-corrected chi connectivity index (χ3v) is 2.98. The monoisotopic (exact) mass is 230 g/mol. The number of hydrogen-bond acceptors (Lipinski definition) is 3. The van der Waals surface area contributed by atoms with Crippen molar-refractivity contribution in [3.05, 3.63) is 35.4 Å². The number of carbonyl (C=O) groups excluding carboxylic acids is 1. The number of amides is 1. The summed E-state index contributed by atoms with van der Waals surface area (Å²) < 4.78 is 0. The molecule has 1 aromatic rings. The van der Waals surface area contributed by atoms with Crippen LogP contribution in [0.15, 0.2) is 24.3 Å². The maximum absolute atomic E-state index is 11.7. The van der Waals surface area contributed by atoms with Gasteiger partial charge in [0.2, 0.25) is 5.91 Å². The molecular formula is C13H14N2O2. The smallest absolute Gasteiger partial charge is 0.223 e. The Kier molecular flexibility index (Phi) is 3.40. The largest absolute Gasteiger partial charge is 0.396 e. The minimum atomic E-state index is 0.0560. The van der Waals surface area contributed by atoms with Crippen molar-refractivity contribution in [2.24, 2.45) is 5.92 Å². The van der Waals surface area contributed by atoms with Crippen LogP contribution < -0.4 is 0 Å². The fourth-order valence-corrected chi connectivity index (χ4v) is 2.09. The number of carbonyl (C=O) groups is 1. The topological polar surface area (TPSA) is 64.3 Å². The molecule has 1 aliphatic rings. The summed E-state index contributed by atoms with van der Waals surface area (Å²) in [6.45, 7) is 1.18. The Morgan fingerprint density at radius 3 is 3.00 bits per heavy atom. The van der Waals surface area contributed by atoms with E-state index in [0.29, 0.717) is 25.1 Å². The fourth-order valence-electron chi connectivity index (χ4n) is 2.09. The molecule has 0 saturated carbocycles. The highest BCUT2D eigenvalue weighted by atomic mass is 16.3. The number of nitriles is 1. The van der Waals surface area contributed by atoms with Crippen LogP contribution in [0.5, 0.6) is 0 Å². The number of aliphatic hydroxyl groups excluding tert-OH is 1. The highest BCUT2D eigenvalue weighted by molar-refractivity contribution is 5.78. The van der Waals surface area contributed by atoms with Crippen LogP contribution in [0.25, 0.3) is 0 Å². The Morgan fingerprint density at radius 1 is 1.53 bits per heavy atom. The third-order valence-electron chi connectivity index (χ3n) is 2.98. The van der Waals surface area contributed by atoms with Crippen LogP contribution in [0.2, 0.25) is 0 Å². The number of benzene rings is 1. The first-order chi connectivity index (χ1) is 8.22. The molecule has 17 heavy (non-hydrogen) atoms. The average Bonchev–Trinajstić information content (AvgIpc) is 2.70. The van der Waals surface area contributed by atoms with Crippen molar-refractivity contribution < 1.29 is 9.90 Å². The predicted octanol–water partition coefficient (Wildman–Crippen LogP) is 0.899. The van der Waals surface area contributed by atoms with Gasteiger partial charge >= 0.3 is 0 Å². The van der Waals surface area contributed by atoms with Crippen LogP contribution in [-0.4, -0.2) is 29.1 Å². The molecule has 1 fully saturated rings. The van der Waals surface area contributed by atoms with Gasteiger partial charge in [0.1, 0.15) is 0 Å². The minimum absolute atomic E-state index is 0.0560. The van der Waals surface area contributed by atoms with E-state index in [0.717, 1.165) is 5.56 Å². The summed E-state index contributed by atoms with van der Waals surface area (Å²) in [5.41, 5.74) is 1.56. The third kappa shape index (κ3) is 2.63. The Morgan fingerprint density at radius 2 is 2.35 bits per heavy atom. The molecule has 0 spiro atoms. The van der Waals surface area contributed by atoms with Crippen LogP contribution >= 0.6 is 0 Å². The molecular weight excluding hydrogens is 216 g/mol. The van der Waals surface area contributed by atoms with Crippen molar-refractivity contribution >= 4 is 5.91 Å². The van der Waals surface area contributed by atoms with E-state index in [9.17, 15) is 4.79 Å². The molecule has 1 saturated heterocycles. The van der Waals surface area contributed by atoms with Crippen molar-refractivity contribution in [2.75, 3.05) is 13.2 Å². The molecule has 0 aliphatic carbocycles. The molecule has 0 aromatic heterocycles. The van der Waals surface area contributed by atoms with Gasteiger partial charge in [-0.3, -0.25) is 4.79 Å². The van der Waals surface area contributed by atoms with E-state index in [2.05, 4.69) is 6.07 Å². The maximum Gasteiger partial charge on any atom is 0.223 e. The first-order valence-electron chi connectivity index (χ1n) is 5.60. The maximum atomic E-state index is 11.7. The van der Waals surface area contributed by atoms with Gasteiger partial charge in [-0.2, -0.15) is 5.26 Å². The summed E-state index contributed by atoms with van der Waals surface area (Å²) in [7, 11) is 0. The molecule has 1 aromatic carbocycles. The van der Waals surface area contributed by atoms with E-state index < -0.39 is 0 Å². The number of rotatable bonds is 3. The van der Waals surface area contributed by atoms with E-state index in [-0.39, 0.29) is 18.4 Å². The van der Waals surface area contributed by atoms with Crippen molar-refractivity contribution in [1.29, 1.82) is 5.26 Å². The van der Waals surface area contributed by atoms with E-state index in [1.54, 1.807) is 17.0 Å². The summed E-state index contributed by atoms with van der Waals surface area (Å²) >= 11 is 0. The van der Waals surface area contributed by atoms with Crippen molar-refractivity contribution in [2.45, 2.75) is 13.0 Å². The van der Waals surface area contributed by atoms with E-state index in [4.69, 9.17) is 10.4 Å². The van der Waals surface area contributed by atoms with Crippen LogP contribution in [0, 0.1) is 17.2 Å². The summed E-state index contributed by atoms with van der Waals surface area (Å²) in [6, 6.07) is 9.33. The highest BCUT2D eigenvalue weighted by Crippen LogP contribution is 2.19.